The highest BCUT2D eigenvalue weighted by atomic mass is 32.2. The molecule has 1 aliphatic heterocycles. The number of benzene rings is 1. The second-order valence-corrected chi connectivity index (χ2v) is 8.76. The second-order valence-electron chi connectivity index (χ2n) is 7.11. The van der Waals surface area contributed by atoms with E-state index >= 15 is 0 Å². The molecule has 0 bridgehead atoms. The van der Waals surface area contributed by atoms with E-state index in [1.807, 2.05) is 6.07 Å². The molecule has 2 aromatic rings. The largest absolute Gasteiger partial charge is 0.481 e. The molecule has 1 amide bonds. The summed E-state index contributed by atoms with van der Waals surface area (Å²) in [7, 11) is -1.17. The van der Waals surface area contributed by atoms with Crippen LogP contribution in [0.25, 0.3) is 0 Å². The molecule has 29 heavy (non-hydrogen) atoms. The highest BCUT2D eigenvalue weighted by Gasteiger charge is 2.55. The van der Waals surface area contributed by atoms with E-state index in [2.05, 4.69) is 20.0 Å². The molecule has 2 N–H and O–H groups in total. The van der Waals surface area contributed by atoms with Crippen LogP contribution in [0, 0.1) is 0 Å². The van der Waals surface area contributed by atoms with Crippen molar-refractivity contribution in [2.45, 2.75) is 36.0 Å². The Labute approximate surface area is 168 Å². The van der Waals surface area contributed by atoms with Crippen LogP contribution in [0.15, 0.2) is 29.3 Å². The molecule has 10 heteroatoms. The second kappa shape index (κ2) is 7.18. The van der Waals surface area contributed by atoms with Crippen molar-refractivity contribution in [1.82, 2.24) is 14.7 Å². The number of anilines is 1. The molecule has 1 fully saturated rings. The number of hydrogen-bond donors (Lipinski definition) is 2. The number of carbonyl (C=O) groups excluding carboxylic acids is 1. The van der Waals surface area contributed by atoms with Crippen LogP contribution in [-0.2, 0) is 26.7 Å². The van der Waals surface area contributed by atoms with Gasteiger partial charge in [-0.1, -0.05) is 6.07 Å². The van der Waals surface area contributed by atoms with E-state index in [1.54, 1.807) is 6.07 Å². The van der Waals surface area contributed by atoms with Crippen LogP contribution in [0.3, 0.4) is 0 Å². The number of nitrogens with zero attached hydrogens (tertiary/aromatic N) is 2. The molecule has 0 unspecified atom stereocenters. The van der Waals surface area contributed by atoms with Gasteiger partial charge in [0.1, 0.15) is 0 Å². The zero-order valence-electron chi connectivity index (χ0n) is 16.2. The number of ether oxygens (including phenoxy) is 2. The first-order valence-corrected chi connectivity index (χ1v) is 10.8. The Hall–Kier alpha value is -2.88. The number of methoxy groups -OCH3 is 2. The molecule has 4 rings (SSSR count). The average molecular weight is 418 g/mol. The minimum Gasteiger partial charge on any atom is -0.481 e. The third-order valence-electron chi connectivity index (χ3n) is 5.38. The number of hydrogen-bond acceptors (Lipinski definition) is 8. The number of rotatable bonds is 6. The highest BCUT2D eigenvalue weighted by molar-refractivity contribution is 7.90. The first kappa shape index (κ1) is 19.4. The maximum atomic E-state index is 13.1. The minimum absolute atomic E-state index is 0.109. The van der Waals surface area contributed by atoms with Crippen LogP contribution in [0.2, 0.25) is 0 Å². The first-order valence-electron chi connectivity index (χ1n) is 9.30. The molecule has 0 radical (unpaired) electrons. The van der Waals surface area contributed by atoms with Gasteiger partial charge < -0.3 is 14.8 Å². The van der Waals surface area contributed by atoms with Crippen LogP contribution < -0.4 is 19.5 Å². The van der Waals surface area contributed by atoms with E-state index < -0.39 is 21.3 Å². The fourth-order valence-electron chi connectivity index (χ4n) is 3.68. The number of sulfonamides is 1. The lowest BCUT2D eigenvalue weighted by atomic mass is 9.98. The maximum Gasteiger partial charge on any atom is 0.319 e. The molecule has 1 aromatic carbocycles. The molecule has 0 atom stereocenters. The van der Waals surface area contributed by atoms with Crippen molar-refractivity contribution in [3.8, 4) is 11.9 Å². The maximum absolute atomic E-state index is 13.1. The summed E-state index contributed by atoms with van der Waals surface area (Å²) in [6.07, 6.45) is 3.89. The predicted molar refractivity (Wildman–Crippen MR) is 105 cm³/mol. The quantitative estimate of drug-likeness (QED) is 0.722. The molecular weight excluding hydrogens is 396 g/mol. The van der Waals surface area contributed by atoms with Gasteiger partial charge in [-0.3, -0.25) is 4.79 Å². The van der Waals surface area contributed by atoms with Crippen molar-refractivity contribution in [3.63, 3.8) is 0 Å². The Kier molecular flexibility index (Phi) is 4.81. The van der Waals surface area contributed by atoms with Crippen molar-refractivity contribution < 1.29 is 22.7 Å². The average Bonchev–Trinajstić information content (AvgIpc) is 3.54. The zero-order valence-corrected chi connectivity index (χ0v) is 17.0. The van der Waals surface area contributed by atoms with Crippen LogP contribution in [-0.4, -0.2) is 45.1 Å². The monoisotopic (exact) mass is 418 g/mol. The van der Waals surface area contributed by atoms with Gasteiger partial charge in [-0.25, -0.2) is 18.1 Å². The van der Waals surface area contributed by atoms with Gasteiger partial charge in [-0.2, -0.15) is 4.98 Å². The minimum atomic E-state index is -4.03. The number of nitrogens with one attached hydrogen (secondary N) is 2. The van der Waals surface area contributed by atoms with E-state index in [0.717, 1.165) is 18.7 Å². The molecule has 1 saturated carbocycles. The van der Waals surface area contributed by atoms with E-state index in [1.165, 1.54) is 26.5 Å². The number of amides is 1. The molecule has 2 aliphatic rings. The zero-order chi connectivity index (χ0) is 20.6. The van der Waals surface area contributed by atoms with Crippen LogP contribution in [0.5, 0.6) is 11.9 Å². The van der Waals surface area contributed by atoms with E-state index in [4.69, 9.17) is 9.47 Å². The third kappa shape index (κ3) is 3.37. The van der Waals surface area contributed by atoms with Gasteiger partial charge in [0.25, 0.3) is 10.0 Å². The van der Waals surface area contributed by atoms with Gasteiger partial charge in [-0.15, -0.1) is 0 Å². The summed E-state index contributed by atoms with van der Waals surface area (Å²) in [5.74, 6) is -0.408. The predicted octanol–water partition coefficient (Wildman–Crippen LogP) is 1.39. The lowest BCUT2D eigenvalue weighted by molar-refractivity contribution is -0.121. The Balaban J connectivity index is 1.65. The van der Waals surface area contributed by atoms with E-state index in [0.29, 0.717) is 30.4 Å². The number of carbonyl (C=O) groups is 1. The lowest BCUT2D eigenvalue weighted by Gasteiger charge is -2.22. The van der Waals surface area contributed by atoms with E-state index in [-0.39, 0.29) is 16.8 Å². The summed E-state index contributed by atoms with van der Waals surface area (Å²) < 4.78 is 38.6. The summed E-state index contributed by atoms with van der Waals surface area (Å²) in [5.41, 5.74) is 0.912. The Bertz CT molecular complexity index is 1070. The molecule has 1 aromatic heterocycles. The van der Waals surface area contributed by atoms with Gasteiger partial charge in [0.2, 0.25) is 11.8 Å². The fourth-order valence-corrected chi connectivity index (χ4v) is 5.02. The number of fused-ring (bicyclic) bond motifs is 1. The van der Waals surface area contributed by atoms with Crippen molar-refractivity contribution in [3.05, 3.63) is 35.5 Å². The Morgan fingerprint density at radius 1 is 1.24 bits per heavy atom. The van der Waals surface area contributed by atoms with Crippen molar-refractivity contribution in [1.29, 1.82) is 0 Å². The standard InChI is InChI=1S/C19H22N4O5S/c1-27-16-13(11-21-18(22-16)28-2)19(8-9-19)17(24)23-29(25,26)15-7-3-6-14-12(15)5-4-10-20-14/h3,6-7,11,20H,4-5,8-10H2,1-2H3,(H,23,24). The molecule has 9 nitrogen and oxygen atoms in total. The molecule has 0 saturated heterocycles. The molecule has 0 spiro atoms. The molecular formula is C19H22N4O5S. The lowest BCUT2D eigenvalue weighted by Crippen LogP contribution is -2.39. The van der Waals surface area contributed by atoms with Crippen molar-refractivity contribution in [2.24, 2.45) is 0 Å². The van der Waals surface area contributed by atoms with Gasteiger partial charge in [0, 0.05) is 24.0 Å². The first-order chi connectivity index (χ1) is 13.9. The SMILES string of the molecule is COc1ncc(C2(C(=O)NS(=O)(=O)c3cccc4c3CCCN4)CC2)c(OC)n1. The van der Waals surface area contributed by atoms with Crippen molar-refractivity contribution >= 4 is 21.6 Å². The Morgan fingerprint density at radius 2 is 2.03 bits per heavy atom. The summed E-state index contributed by atoms with van der Waals surface area (Å²) in [5, 5.41) is 3.20. The summed E-state index contributed by atoms with van der Waals surface area (Å²) in [4.78, 5) is 21.4. The van der Waals surface area contributed by atoms with Gasteiger partial charge >= 0.3 is 6.01 Å². The van der Waals surface area contributed by atoms with Gasteiger partial charge in [0.15, 0.2) is 0 Å². The Morgan fingerprint density at radius 3 is 2.72 bits per heavy atom. The summed E-state index contributed by atoms with van der Waals surface area (Å²) in [6.45, 7) is 0.795. The van der Waals surface area contributed by atoms with Gasteiger partial charge in [0.05, 0.1) is 24.5 Å². The van der Waals surface area contributed by atoms with Crippen LogP contribution in [0.4, 0.5) is 5.69 Å². The van der Waals surface area contributed by atoms with E-state index in [9.17, 15) is 13.2 Å². The van der Waals surface area contributed by atoms with Crippen molar-refractivity contribution in [2.75, 3.05) is 26.1 Å². The smallest absolute Gasteiger partial charge is 0.319 e. The van der Waals surface area contributed by atoms with Crippen LogP contribution in [0.1, 0.15) is 30.4 Å². The topological polar surface area (TPSA) is 120 Å². The van der Waals surface area contributed by atoms with Gasteiger partial charge in [-0.05, 0) is 43.4 Å². The summed E-state index contributed by atoms with van der Waals surface area (Å²) in [6, 6.07) is 5.15. The number of aromatic nitrogens is 2. The fraction of sp³-hybridized carbons (Fsp3) is 0.421. The van der Waals surface area contributed by atoms with Crippen LogP contribution >= 0.6 is 0 Å². The summed E-state index contributed by atoms with van der Waals surface area (Å²) >= 11 is 0. The molecule has 2 heterocycles. The third-order valence-corrected chi connectivity index (χ3v) is 6.79. The molecule has 154 valence electrons. The normalized spacial score (nSPS) is 16.9. The highest BCUT2D eigenvalue weighted by Crippen LogP contribution is 2.51. The molecule has 1 aliphatic carbocycles.